The molecule has 1 saturated heterocycles. The van der Waals surface area contributed by atoms with Gasteiger partial charge >= 0.3 is 5.97 Å². The number of nitrogens with one attached hydrogen (secondary N) is 1. The fraction of sp³-hybridized carbons (Fsp3) is 0.909. The number of piperazine rings is 1. The molecule has 1 aliphatic heterocycles. The SMILES string of the molecule is CC(C)(C)N1CCNC(CCC(=O)O)C1. The van der Waals surface area contributed by atoms with Crippen molar-refractivity contribution < 1.29 is 9.90 Å². The van der Waals surface area contributed by atoms with Gasteiger partial charge in [-0.05, 0) is 27.2 Å². The minimum Gasteiger partial charge on any atom is -0.481 e. The van der Waals surface area contributed by atoms with Gasteiger partial charge in [0.1, 0.15) is 0 Å². The molecule has 0 aromatic heterocycles. The highest BCUT2D eigenvalue weighted by molar-refractivity contribution is 5.66. The number of carboxylic acids is 1. The van der Waals surface area contributed by atoms with Gasteiger partial charge in [-0.2, -0.15) is 0 Å². The van der Waals surface area contributed by atoms with Crippen molar-refractivity contribution in [1.82, 2.24) is 10.2 Å². The minimum absolute atomic E-state index is 0.184. The Kier molecular flexibility index (Phi) is 4.11. The second kappa shape index (κ2) is 4.94. The van der Waals surface area contributed by atoms with Crippen LogP contribution in [0.1, 0.15) is 33.6 Å². The molecule has 0 aliphatic carbocycles. The zero-order valence-corrected chi connectivity index (χ0v) is 9.92. The van der Waals surface area contributed by atoms with Gasteiger partial charge in [0.05, 0.1) is 0 Å². The zero-order valence-electron chi connectivity index (χ0n) is 9.92. The van der Waals surface area contributed by atoms with Crippen molar-refractivity contribution in [3.63, 3.8) is 0 Å². The van der Waals surface area contributed by atoms with Crippen molar-refractivity contribution in [3.8, 4) is 0 Å². The first kappa shape index (κ1) is 12.5. The molecule has 0 aromatic rings. The number of carboxylic acid groups (broad SMARTS) is 1. The second-order valence-corrected chi connectivity index (χ2v) is 5.20. The molecule has 0 aromatic carbocycles. The van der Waals surface area contributed by atoms with Crippen LogP contribution in [-0.4, -0.2) is 47.2 Å². The van der Waals surface area contributed by atoms with Gasteiger partial charge in [-0.1, -0.05) is 0 Å². The van der Waals surface area contributed by atoms with Crippen LogP contribution in [0.25, 0.3) is 0 Å². The third kappa shape index (κ3) is 4.18. The predicted octanol–water partition coefficient (Wildman–Crippen LogP) is 0.923. The Morgan fingerprint density at radius 3 is 2.73 bits per heavy atom. The topological polar surface area (TPSA) is 52.6 Å². The summed E-state index contributed by atoms with van der Waals surface area (Å²) in [6.45, 7) is 9.57. The maximum atomic E-state index is 10.5. The van der Waals surface area contributed by atoms with Gasteiger partial charge in [0.15, 0.2) is 0 Å². The minimum atomic E-state index is -0.704. The molecule has 4 nitrogen and oxygen atoms in total. The van der Waals surface area contributed by atoms with Crippen molar-refractivity contribution in [3.05, 3.63) is 0 Å². The molecule has 1 atom stereocenters. The Bertz CT molecular complexity index is 223. The van der Waals surface area contributed by atoms with Gasteiger partial charge < -0.3 is 10.4 Å². The summed E-state index contributed by atoms with van der Waals surface area (Å²) in [5.74, 6) is -0.704. The Hall–Kier alpha value is -0.610. The quantitative estimate of drug-likeness (QED) is 0.733. The number of carbonyl (C=O) groups is 1. The fourth-order valence-electron chi connectivity index (χ4n) is 1.93. The van der Waals surface area contributed by atoms with E-state index in [1.165, 1.54) is 0 Å². The molecule has 0 radical (unpaired) electrons. The summed E-state index contributed by atoms with van der Waals surface area (Å²) in [5.41, 5.74) is 0.184. The molecule has 0 amide bonds. The molecule has 0 bridgehead atoms. The molecule has 1 heterocycles. The molecule has 88 valence electrons. The first-order chi connectivity index (χ1) is 6.89. The van der Waals surface area contributed by atoms with Crippen LogP contribution in [0.2, 0.25) is 0 Å². The summed E-state index contributed by atoms with van der Waals surface area (Å²) in [7, 11) is 0. The Morgan fingerprint density at radius 1 is 1.53 bits per heavy atom. The van der Waals surface area contributed by atoms with Gasteiger partial charge in [-0.25, -0.2) is 0 Å². The van der Waals surface area contributed by atoms with E-state index in [1.54, 1.807) is 0 Å². The van der Waals surface area contributed by atoms with Crippen LogP contribution in [0.4, 0.5) is 0 Å². The molecule has 1 fully saturated rings. The third-order valence-corrected chi connectivity index (χ3v) is 2.91. The monoisotopic (exact) mass is 214 g/mol. The summed E-state index contributed by atoms with van der Waals surface area (Å²) >= 11 is 0. The summed E-state index contributed by atoms with van der Waals surface area (Å²) in [5, 5.41) is 12.0. The van der Waals surface area contributed by atoms with Crippen LogP contribution in [-0.2, 0) is 4.79 Å². The number of hydrogen-bond donors (Lipinski definition) is 2. The smallest absolute Gasteiger partial charge is 0.303 e. The Balaban J connectivity index is 2.39. The lowest BCUT2D eigenvalue weighted by molar-refractivity contribution is -0.137. The highest BCUT2D eigenvalue weighted by Crippen LogP contribution is 2.16. The average Bonchev–Trinajstić information content (AvgIpc) is 2.14. The van der Waals surface area contributed by atoms with Crippen molar-refractivity contribution >= 4 is 5.97 Å². The standard InChI is InChI=1S/C11H22N2O2/c1-11(2,3)13-7-6-12-9(8-13)4-5-10(14)15/h9,12H,4-8H2,1-3H3,(H,14,15). The van der Waals surface area contributed by atoms with E-state index in [0.29, 0.717) is 6.04 Å². The number of hydrogen-bond acceptors (Lipinski definition) is 3. The van der Waals surface area contributed by atoms with Crippen LogP contribution < -0.4 is 5.32 Å². The van der Waals surface area contributed by atoms with Crippen LogP contribution in [0.3, 0.4) is 0 Å². The first-order valence-corrected chi connectivity index (χ1v) is 5.60. The van der Waals surface area contributed by atoms with Gasteiger partial charge in [0, 0.05) is 37.6 Å². The number of nitrogens with zero attached hydrogens (tertiary/aromatic N) is 1. The molecule has 4 heteroatoms. The van der Waals surface area contributed by atoms with E-state index < -0.39 is 5.97 Å². The molecule has 0 saturated carbocycles. The number of aliphatic carboxylic acids is 1. The largest absolute Gasteiger partial charge is 0.481 e. The molecule has 1 rings (SSSR count). The van der Waals surface area contributed by atoms with E-state index in [1.807, 2.05) is 0 Å². The second-order valence-electron chi connectivity index (χ2n) is 5.20. The molecular weight excluding hydrogens is 192 g/mol. The van der Waals surface area contributed by atoms with E-state index in [-0.39, 0.29) is 12.0 Å². The molecular formula is C11H22N2O2. The maximum absolute atomic E-state index is 10.5. The van der Waals surface area contributed by atoms with Crippen molar-refractivity contribution in [1.29, 1.82) is 0 Å². The highest BCUT2D eigenvalue weighted by Gasteiger charge is 2.27. The lowest BCUT2D eigenvalue weighted by Crippen LogP contribution is -2.56. The van der Waals surface area contributed by atoms with Crippen LogP contribution >= 0.6 is 0 Å². The zero-order chi connectivity index (χ0) is 11.5. The van der Waals surface area contributed by atoms with E-state index in [4.69, 9.17) is 5.11 Å². The number of rotatable bonds is 3. The molecule has 1 aliphatic rings. The summed E-state index contributed by atoms with van der Waals surface area (Å²) in [4.78, 5) is 12.9. The van der Waals surface area contributed by atoms with E-state index in [9.17, 15) is 4.79 Å². The molecule has 2 N–H and O–H groups in total. The van der Waals surface area contributed by atoms with Gasteiger partial charge in [-0.15, -0.1) is 0 Å². The Labute approximate surface area is 91.6 Å². The van der Waals surface area contributed by atoms with Crippen LogP contribution in [0.15, 0.2) is 0 Å². The van der Waals surface area contributed by atoms with Crippen LogP contribution in [0, 0.1) is 0 Å². The normalized spacial score (nSPS) is 24.1. The van der Waals surface area contributed by atoms with E-state index >= 15 is 0 Å². The van der Waals surface area contributed by atoms with E-state index in [0.717, 1.165) is 26.1 Å². The highest BCUT2D eigenvalue weighted by atomic mass is 16.4. The molecule has 0 spiro atoms. The van der Waals surface area contributed by atoms with Gasteiger partial charge in [0.2, 0.25) is 0 Å². The van der Waals surface area contributed by atoms with Crippen LogP contribution in [0.5, 0.6) is 0 Å². The van der Waals surface area contributed by atoms with Crippen molar-refractivity contribution in [2.24, 2.45) is 0 Å². The maximum Gasteiger partial charge on any atom is 0.303 e. The summed E-state index contributed by atoms with van der Waals surface area (Å²) < 4.78 is 0. The van der Waals surface area contributed by atoms with Crippen molar-refractivity contribution in [2.75, 3.05) is 19.6 Å². The molecule has 1 unspecified atom stereocenters. The fourth-order valence-corrected chi connectivity index (χ4v) is 1.93. The van der Waals surface area contributed by atoms with Crippen molar-refractivity contribution in [2.45, 2.75) is 45.2 Å². The Morgan fingerprint density at radius 2 is 2.20 bits per heavy atom. The van der Waals surface area contributed by atoms with Gasteiger partial charge in [0.25, 0.3) is 0 Å². The first-order valence-electron chi connectivity index (χ1n) is 5.60. The molecule has 15 heavy (non-hydrogen) atoms. The lowest BCUT2D eigenvalue weighted by Gasteiger charge is -2.42. The van der Waals surface area contributed by atoms with E-state index in [2.05, 4.69) is 31.0 Å². The van der Waals surface area contributed by atoms with Gasteiger partial charge in [-0.3, -0.25) is 9.69 Å². The average molecular weight is 214 g/mol. The summed E-state index contributed by atoms with van der Waals surface area (Å²) in [6, 6.07) is 0.328. The summed E-state index contributed by atoms with van der Waals surface area (Å²) in [6.07, 6.45) is 0.984. The predicted molar refractivity (Wildman–Crippen MR) is 60.0 cm³/mol. The lowest BCUT2D eigenvalue weighted by atomic mass is 10.0. The third-order valence-electron chi connectivity index (χ3n) is 2.91.